The van der Waals surface area contributed by atoms with Gasteiger partial charge in [-0.25, -0.2) is 15.0 Å². The van der Waals surface area contributed by atoms with E-state index in [1.165, 1.54) is 25.6 Å². The van der Waals surface area contributed by atoms with Crippen molar-refractivity contribution in [2.24, 2.45) is 0 Å². The van der Waals surface area contributed by atoms with Crippen LogP contribution in [-0.4, -0.2) is 60.6 Å². The molecule has 2 aromatic heterocycles. The van der Waals surface area contributed by atoms with E-state index < -0.39 is 18.4 Å². The van der Waals surface area contributed by atoms with Gasteiger partial charge in [-0.1, -0.05) is 19.3 Å². The number of anilines is 1. The third-order valence-electron chi connectivity index (χ3n) is 5.24. The molecule has 4 rings (SSSR count). The maximum absolute atomic E-state index is 10.6. The van der Waals surface area contributed by atoms with Crippen LogP contribution >= 0.6 is 0 Å². The fourth-order valence-electron chi connectivity index (χ4n) is 3.91. The summed E-state index contributed by atoms with van der Waals surface area (Å²) in [7, 11) is 0. The monoisotopic (exact) mass is 348 g/mol. The molecule has 1 saturated carbocycles. The molecule has 0 aromatic carbocycles. The van der Waals surface area contributed by atoms with Gasteiger partial charge >= 0.3 is 0 Å². The SMILES string of the molecule is Nc1ncnc2c1ncn2[C@@H]1O[C@H](CO)[C@@H](O)C1NC1CCCCC1. The fourth-order valence-corrected chi connectivity index (χ4v) is 3.91. The lowest BCUT2D eigenvalue weighted by Gasteiger charge is -2.30. The molecule has 4 atom stereocenters. The third-order valence-corrected chi connectivity index (χ3v) is 5.24. The molecular weight excluding hydrogens is 324 g/mol. The summed E-state index contributed by atoms with van der Waals surface area (Å²) in [5, 5.41) is 23.7. The van der Waals surface area contributed by atoms with Crippen LogP contribution in [0.15, 0.2) is 12.7 Å². The predicted molar refractivity (Wildman–Crippen MR) is 90.5 cm³/mol. The number of aliphatic hydroxyl groups excluding tert-OH is 2. The Balaban J connectivity index is 1.65. The number of nitrogens with zero attached hydrogens (tertiary/aromatic N) is 4. The van der Waals surface area contributed by atoms with Gasteiger partial charge in [0.05, 0.1) is 19.0 Å². The van der Waals surface area contributed by atoms with Crippen LogP contribution in [0, 0.1) is 0 Å². The molecule has 2 aliphatic rings. The Bertz CT molecular complexity index is 732. The number of nitrogens with one attached hydrogen (secondary N) is 1. The van der Waals surface area contributed by atoms with Crippen LogP contribution in [0.2, 0.25) is 0 Å². The van der Waals surface area contributed by atoms with Crippen molar-refractivity contribution in [2.75, 3.05) is 12.3 Å². The van der Waals surface area contributed by atoms with Gasteiger partial charge in [-0.2, -0.15) is 0 Å². The summed E-state index contributed by atoms with van der Waals surface area (Å²) < 4.78 is 7.69. The van der Waals surface area contributed by atoms with Gasteiger partial charge in [0.15, 0.2) is 17.7 Å². The van der Waals surface area contributed by atoms with Gasteiger partial charge in [0.25, 0.3) is 0 Å². The maximum Gasteiger partial charge on any atom is 0.167 e. The number of fused-ring (bicyclic) bond motifs is 1. The Labute approximate surface area is 145 Å². The van der Waals surface area contributed by atoms with Gasteiger partial charge in [-0.3, -0.25) is 4.57 Å². The summed E-state index contributed by atoms with van der Waals surface area (Å²) in [6, 6.07) is -0.0136. The van der Waals surface area contributed by atoms with Crippen molar-refractivity contribution in [1.82, 2.24) is 24.8 Å². The highest BCUT2D eigenvalue weighted by molar-refractivity contribution is 5.81. The topological polar surface area (TPSA) is 131 Å². The van der Waals surface area contributed by atoms with Crippen molar-refractivity contribution in [2.45, 2.75) is 62.6 Å². The van der Waals surface area contributed by atoms with Crippen LogP contribution in [0.3, 0.4) is 0 Å². The van der Waals surface area contributed by atoms with E-state index in [9.17, 15) is 10.2 Å². The molecule has 1 saturated heterocycles. The van der Waals surface area contributed by atoms with Gasteiger partial charge in [0.1, 0.15) is 24.1 Å². The first kappa shape index (κ1) is 16.6. The molecule has 0 bridgehead atoms. The Hall–Kier alpha value is -1.81. The summed E-state index contributed by atoms with van der Waals surface area (Å²) in [4.78, 5) is 12.5. The minimum atomic E-state index is -0.812. The van der Waals surface area contributed by atoms with Crippen molar-refractivity contribution in [3.8, 4) is 0 Å². The lowest BCUT2D eigenvalue weighted by Crippen LogP contribution is -2.49. The number of hydrogen-bond donors (Lipinski definition) is 4. The molecule has 25 heavy (non-hydrogen) atoms. The van der Waals surface area contributed by atoms with E-state index in [0.717, 1.165) is 12.8 Å². The van der Waals surface area contributed by atoms with Gasteiger partial charge in [-0.15, -0.1) is 0 Å². The molecule has 1 unspecified atom stereocenters. The molecule has 136 valence electrons. The van der Waals surface area contributed by atoms with Crippen molar-refractivity contribution in [1.29, 1.82) is 0 Å². The van der Waals surface area contributed by atoms with E-state index >= 15 is 0 Å². The number of aromatic nitrogens is 4. The van der Waals surface area contributed by atoms with E-state index in [-0.39, 0.29) is 12.6 Å². The van der Waals surface area contributed by atoms with Crippen molar-refractivity contribution in [3.05, 3.63) is 12.7 Å². The Morgan fingerprint density at radius 3 is 2.80 bits per heavy atom. The number of nitrogens with two attached hydrogens (primary N) is 1. The van der Waals surface area contributed by atoms with E-state index in [2.05, 4.69) is 20.3 Å². The second kappa shape index (κ2) is 6.83. The van der Waals surface area contributed by atoms with Crippen molar-refractivity contribution >= 4 is 17.0 Å². The second-order valence-corrected chi connectivity index (χ2v) is 6.85. The lowest BCUT2D eigenvalue weighted by atomic mass is 9.94. The number of nitrogen functional groups attached to an aromatic ring is 1. The van der Waals surface area contributed by atoms with Crippen molar-refractivity contribution in [3.63, 3.8) is 0 Å². The average molecular weight is 348 g/mol. The number of hydrogen-bond acceptors (Lipinski definition) is 8. The number of ether oxygens (including phenoxy) is 1. The molecule has 0 radical (unpaired) electrons. The molecule has 5 N–H and O–H groups in total. The molecule has 9 nitrogen and oxygen atoms in total. The van der Waals surface area contributed by atoms with Gasteiger partial charge in [0, 0.05) is 6.04 Å². The Kier molecular flexibility index (Phi) is 4.55. The molecule has 9 heteroatoms. The summed E-state index contributed by atoms with van der Waals surface area (Å²) in [5.41, 5.74) is 6.92. The van der Waals surface area contributed by atoms with Crippen molar-refractivity contribution < 1.29 is 14.9 Å². The first-order chi connectivity index (χ1) is 12.2. The third kappa shape index (κ3) is 2.97. The minimum Gasteiger partial charge on any atom is -0.394 e. The first-order valence-corrected chi connectivity index (χ1v) is 8.82. The van der Waals surface area contributed by atoms with Gasteiger partial charge in [0.2, 0.25) is 0 Å². The molecule has 2 fully saturated rings. The largest absolute Gasteiger partial charge is 0.394 e. The summed E-state index contributed by atoms with van der Waals surface area (Å²) in [5.74, 6) is 0.304. The quantitative estimate of drug-likeness (QED) is 0.605. The highest BCUT2D eigenvalue weighted by Gasteiger charge is 2.45. The zero-order valence-electron chi connectivity index (χ0n) is 14.0. The zero-order valence-corrected chi connectivity index (χ0v) is 14.0. The molecular formula is C16H24N6O3. The minimum absolute atomic E-state index is 0.246. The normalized spacial score (nSPS) is 31.0. The summed E-state index contributed by atoms with van der Waals surface area (Å²) in [6.07, 6.45) is 6.80. The van der Waals surface area contributed by atoms with Crippen LogP contribution in [0.25, 0.3) is 11.2 Å². The highest BCUT2D eigenvalue weighted by Crippen LogP contribution is 2.33. The second-order valence-electron chi connectivity index (χ2n) is 6.85. The standard InChI is InChI=1S/C16H24N6O3/c17-14-12-15(19-7-18-14)22(8-20-12)16-11(13(24)10(6-23)25-16)21-9-4-2-1-3-5-9/h7-11,13,16,21,23-24H,1-6H2,(H2,17,18,19)/t10-,11?,13-,16-/m1/s1. The predicted octanol–water partition coefficient (Wildman–Crippen LogP) is -0.0500. The number of rotatable bonds is 4. The van der Waals surface area contributed by atoms with Gasteiger partial charge < -0.3 is 26.0 Å². The number of aliphatic hydroxyl groups is 2. The molecule has 2 aromatic rings. The molecule has 3 heterocycles. The Morgan fingerprint density at radius 2 is 2.04 bits per heavy atom. The fraction of sp³-hybridized carbons (Fsp3) is 0.688. The summed E-state index contributed by atoms with van der Waals surface area (Å²) in [6.45, 7) is -0.246. The van der Waals surface area contributed by atoms with Crippen LogP contribution in [0.1, 0.15) is 38.3 Å². The van der Waals surface area contributed by atoms with E-state index in [1.807, 2.05) is 0 Å². The van der Waals surface area contributed by atoms with Crippen LogP contribution in [0.5, 0.6) is 0 Å². The van der Waals surface area contributed by atoms with E-state index in [4.69, 9.17) is 10.5 Å². The van der Waals surface area contributed by atoms with Crippen LogP contribution in [0.4, 0.5) is 5.82 Å². The maximum atomic E-state index is 10.6. The first-order valence-electron chi connectivity index (χ1n) is 8.82. The lowest BCUT2D eigenvalue weighted by molar-refractivity contribution is -0.0443. The van der Waals surface area contributed by atoms with E-state index in [1.54, 1.807) is 10.9 Å². The Morgan fingerprint density at radius 1 is 1.24 bits per heavy atom. The van der Waals surface area contributed by atoms with Crippen LogP contribution in [-0.2, 0) is 4.74 Å². The highest BCUT2D eigenvalue weighted by atomic mass is 16.5. The molecule has 1 aliphatic heterocycles. The van der Waals surface area contributed by atoms with E-state index in [0.29, 0.717) is 23.0 Å². The smallest absolute Gasteiger partial charge is 0.167 e. The van der Waals surface area contributed by atoms with Gasteiger partial charge in [-0.05, 0) is 12.8 Å². The average Bonchev–Trinajstić information content (AvgIpc) is 3.19. The summed E-state index contributed by atoms with van der Waals surface area (Å²) >= 11 is 0. The zero-order chi connectivity index (χ0) is 17.4. The number of imidazole rings is 1. The molecule has 1 aliphatic carbocycles. The molecule has 0 amide bonds. The van der Waals surface area contributed by atoms with Crippen LogP contribution < -0.4 is 11.1 Å². The molecule has 0 spiro atoms.